The van der Waals surface area contributed by atoms with Crippen LogP contribution in [0.3, 0.4) is 0 Å². The van der Waals surface area contributed by atoms with Crippen molar-refractivity contribution in [3.8, 4) is 0 Å². The molecule has 1 aromatic carbocycles. The number of hydrogen-bond acceptors (Lipinski definition) is 3. The third-order valence-corrected chi connectivity index (χ3v) is 4.33. The number of aryl methyl sites for hydroxylation is 2. The van der Waals surface area contributed by atoms with Gasteiger partial charge in [-0.15, -0.1) is 0 Å². The van der Waals surface area contributed by atoms with Crippen molar-refractivity contribution in [2.45, 2.75) is 33.2 Å². The summed E-state index contributed by atoms with van der Waals surface area (Å²) in [6, 6.07) is 6.33. The highest BCUT2D eigenvalue weighted by Gasteiger charge is 2.27. The highest BCUT2D eigenvalue weighted by molar-refractivity contribution is 5.79. The Morgan fingerprint density at radius 1 is 1.38 bits per heavy atom. The lowest BCUT2D eigenvalue weighted by Crippen LogP contribution is -2.37. The molecule has 1 aliphatic rings. The zero-order valence-electron chi connectivity index (χ0n) is 12.5. The molecule has 1 aromatic heterocycles. The lowest BCUT2D eigenvalue weighted by molar-refractivity contribution is -0.142. The van der Waals surface area contributed by atoms with Gasteiger partial charge in [-0.3, -0.25) is 4.79 Å². The van der Waals surface area contributed by atoms with Crippen LogP contribution in [0.15, 0.2) is 18.2 Å². The second-order valence-electron chi connectivity index (χ2n) is 5.75. The van der Waals surface area contributed by atoms with E-state index in [0.29, 0.717) is 12.8 Å². The van der Waals surface area contributed by atoms with Crippen LogP contribution in [-0.2, 0) is 11.3 Å². The molecule has 1 N–H and O–H groups in total. The van der Waals surface area contributed by atoms with Crippen LogP contribution >= 0.6 is 0 Å². The molecule has 21 heavy (non-hydrogen) atoms. The highest BCUT2D eigenvalue weighted by Crippen LogP contribution is 2.27. The summed E-state index contributed by atoms with van der Waals surface area (Å²) >= 11 is 0. The molecular weight excluding hydrogens is 266 g/mol. The standard InChI is InChI=1S/C16H21N3O2/c1-3-19-14-5-4-11(2)10-13(14)17-16(19)18-8-6-12(7-9-18)15(20)21/h4-5,10,12H,3,6-9H2,1-2H3,(H,20,21). The van der Waals surface area contributed by atoms with Gasteiger partial charge < -0.3 is 14.6 Å². The quantitative estimate of drug-likeness (QED) is 0.943. The van der Waals surface area contributed by atoms with Crippen LogP contribution in [-0.4, -0.2) is 33.7 Å². The summed E-state index contributed by atoms with van der Waals surface area (Å²) in [5.74, 6) is 0.0964. The van der Waals surface area contributed by atoms with Gasteiger partial charge in [0, 0.05) is 19.6 Å². The minimum atomic E-state index is -0.672. The number of carbonyl (C=O) groups is 1. The Bertz CT molecular complexity index is 669. The van der Waals surface area contributed by atoms with Crippen LogP contribution < -0.4 is 4.90 Å². The lowest BCUT2D eigenvalue weighted by atomic mass is 9.97. The molecular formula is C16H21N3O2. The summed E-state index contributed by atoms with van der Waals surface area (Å²) in [4.78, 5) is 18.1. The first kappa shape index (κ1) is 13.9. The molecule has 1 fully saturated rings. The first-order chi connectivity index (χ1) is 10.1. The molecule has 5 heteroatoms. The minimum absolute atomic E-state index is 0.206. The van der Waals surface area contributed by atoms with Gasteiger partial charge in [-0.2, -0.15) is 0 Å². The number of carboxylic acids is 1. The SMILES string of the molecule is CCn1c(N2CCC(C(=O)O)CC2)nc2cc(C)ccc21. The maximum Gasteiger partial charge on any atom is 0.306 e. The Kier molecular flexibility index (Phi) is 3.57. The molecule has 0 amide bonds. The first-order valence-corrected chi connectivity index (χ1v) is 7.54. The summed E-state index contributed by atoms with van der Waals surface area (Å²) in [6.07, 6.45) is 1.39. The van der Waals surface area contributed by atoms with E-state index in [1.807, 2.05) is 0 Å². The van der Waals surface area contributed by atoms with E-state index in [1.165, 1.54) is 5.56 Å². The molecule has 0 spiro atoms. The minimum Gasteiger partial charge on any atom is -0.481 e. The van der Waals surface area contributed by atoms with Crippen molar-refractivity contribution in [2.24, 2.45) is 5.92 Å². The number of aromatic nitrogens is 2. The average molecular weight is 287 g/mol. The molecule has 0 radical (unpaired) electrons. The highest BCUT2D eigenvalue weighted by atomic mass is 16.4. The Morgan fingerprint density at radius 2 is 2.10 bits per heavy atom. The number of fused-ring (bicyclic) bond motifs is 1. The van der Waals surface area contributed by atoms with Gasteiger partial charge in [0.1, 0.15) is 0 Å². The van der Waals surface area contributed by atoms with Crippen molar-refractivity contribution >= 4 is 23.0 Å². The summed E-state index contributed by atoms with van der Waals surface area (Å²) in [5, 5.41) is 9.10. The molecule has 0 bridgehead atoms. The molecule has 2 heterocycles. The topological polar surface area (TPSA) is 58.4 Å². The van der Waals surface area contributed by atoms with E-state index in [1.54, 1.807) is 0 Å². The van der Waals surface area contributed by atoms with E-state index in [0.717, 1.165) is 36.6 Å². The van der Waals surface area contributed by atoms with Gasteiger partial charge in [-0.1, -0.05) is 6.07 Å². The molecule has 0 aliphatic carbocycles. The smallest absolute Gasteiger partial charge is 0.306 e. The first-order valence-electron chi connectivity index (χ1n) is 7.54. The normalized spacial score (nSPS) is 16.6. The van der Waals surface area contributed by atoms with Gasteiger partial charge in [0.15, 0.2) is 0 Å². The molecule has 2 aromatic rings. The summed E-state index contributed by atoms with van der Waals surface area (Å²) < 4.78 is 2.22. The zero-order chi connectivity index (χ0) is 15.0. The molecule has 112 valence electrons. The second kappa shape index (κ2) is 5.39. The maximum atomic E-state index is 11.1. The van der Waals surface area contributed by atoms with Crippen LogP contribution in [0.1, 0.15) is 25.3 Å². The van der Waals surface area contributed by atoms with Crippen molar-refractivity contribution in [2.75, 3.05) is 18.0 Å². The molecule has 0 atom stereocenters. The molecule has 0 saturated carbocycles. The van der Waals surface area contributed by atoms with Crippen LogP contribution in [0.4, 0.5) is 5.95 Å². The fourth-order valence-corrected chi connectivity index (χ4v) is 3.11. The van der Waals surface area contributed by atoms with E-state index in [9.17, 15) is 4.79 Å². The van der Waals surface area contributed by atoms with E-state index in [-0.39, 0.29) is 5.92 Å². The van der Waals surface area contributed by atoms with Crippen LogP contribution in [0.25, 0.3) is 11.0 Å². The largest absolute Gasteiger partial charge is 0.481 e. The molecule has 1 saturated heterocycles. The van der Waals surface area contributed by atoms with Gasteiger partial charge in [0.2, 0.25) is 5.95 Å². The maximum absolute atomic E-state index is 11.1. The number of imidazole rings is 1. The molecule has 3 rings (SSSR count). The van der Waals surface area contributed by atoms with Gasteiger partial charge >= 0.3 is 5.97 Å². The molecule has 1 aliphatic heterocycles. The summed E-state index contributed by atoms with van der Waals surface area (Å²) in [6.45, 7) is 6.59. The Balaban J connectivity index is 1.92. The fourth-order valence-electron chi connectivity index (χ4n) is 3.11. The third kappa shape index (κ3) is 2.48. The molecule has 0 unspecified atom stereocenters. The monoisotopic (exact) mass is 287 g/mol. The van der Waals surface area contributed by atoms with Crippen molar-refractivity contribution in [1.29, 1.82) is 0 Å². The van der Waals surface area contributed by atoms with Crippen LogP contribution in [0.5, 0.6) is 0 Å². The van der Waals surface area contributed by atoms with Gasteiger partial charge in [-0.05, 0) is 44.4 Å². The average Bonchev–Trinajstić information content (AvgIpc) is 2.84. The van der Waals surface area contributed by atoms with Crippen molar-refractivity contribution < 1.29 is 9.90 Å². The van der Waals surface area contributed by atoms with Crippen molar-refractivity contribution in [1.82, 2.24) is 9.55 Å². The predicted octanol–water partition coefficient (Wildman–Crippen LogP) is 2.67. The van der Waals surface area contributed by atoms with Crippen LogP contribution in [0, 0.1) is 12.8 Å². The Labute approximate surface area is 124 Å². The fraction of sp³-hybridized carbons (Fsp3) is 0.500. The number of carboxylic acid groups (broad SMARTS) is 1. The van der Waals surface area contributed by atoms with Gasteiger partial charge in [0.05, 0.1) is 17.0 Å². The number of nitrogens with zero attached hydrogens (tertiary/aromatic N) is 3. The Morgan fingerprint density at radius 3 is 2.71 bits per heavy atom. The number of hydrogen-bond donors (Lipinski definition) is 1. The van der Waals surface area contributed by atoms with E-state index >= 15 is 0 Å². The number of piperidine rings is 1. The Hall–Kier alpha value is -2.04. The van der Waals surface area contributed by atoms with Gasteiger partial charge in [0.25, 0.3) is 0 Å². The van der Waals surface area contributed by atoms with E-state index in [2.05, 4.69) is 41.5 Å². The number of anilines is 1. The third-order valence-electron chi connectivity index (χ3n) is 4.33. The van der Waals surface area contributed by atoms with Crippen molar-refractivity contribution in [3.63, 3.8) is 0 Å². The van der Waals surface area contributed by atoms with Gasteiger partial charge in [-0.25, -0.2) is 4.98 Å². The predicted molar refractivity (Wildman–Crippen MR) is 82.7 cm³/mol. The lowest BCUT2D eigenvalue weighted by Gasteiger charge is -2.31. The molecule has 5 nitrogen and oxygen atoms in total. The van der Waals surface area contributed by atoms with E-state index in [4.69, 9.17) is 10.1 Å². The van der Waals surface area contributed by atoms with Crippen LogP contribution in [0.2, 0.25) is 0 Å². The van der Waals surface area contributed by atoms with Crippen molar-refractivity contribution in [3.05, 3.63) is 23.8 Å². The number of rotatable bonds is 3. The number of benzene rings is 1. The summed E-state index contributed by atoms with van der Waals surface area (Å²) in [7, 11) is 0. The zero-order valence-corrected chi connectivity index (χ0v) is 12.5. The summed E-state index contributed by atoms with van der Waals surface area (Å²) in [5.41, 5.74) is 3.38. The van der Waals surface area contributed by atoms with E-state index < -0.39 is 5.97 Å². The second-order valence-corrected chi connectivity index (χ2v) is 5.75. The number of aliphatic carboxylic acids is 1.